The maximum Gasteiger partial charge on any atom is 0.244 e. The second kappa shape index (κ2) is 20.9. The number of hydrogen-bond donors (Lipinski definition) is 0. The first kappa shape index (κ1) is 47.7. The van der Waals surface area contributed by atoms with Gasteiger partial charge < -0.3 is 9.80 Å². The fourth-order valence-electron chi connectivity index (χ4n) is 7.56. The summed E-state index contributed by atoms with van der Waals surface area (Å²) in [6.07, 6.45) is 3.86. The Bertz CT molecular complexity index is 2730. The molecule has 63 heavy (non-hydrogen) atoms. The second-order valence-corrected chi connectivity index (χ2v) is 22.6. The van der Waals surface area contributed by atoms with Crippen LogP contribution in [0.15, 0.2) is 99.4 Å². The van der Waals surface area contributed by atoms with Crippen LogP contribution in [0.25, 0.3) is 0 Å². The van der Waals surface area contributed by atoms with E-state index in [1.54, 1.807) is 34.8 Å². The lowest BCUT2D eigenvalue weighted by Crippen LogP contribution is -2.48. The van der Waals surface area contributed by atoms with Crippen LogP contribution in [0.2, 0.25) is 20.1 Å². The van der Waals surface area contributed by atoms with E-state index >= 15 is 0 Å². The molecule has 0 saturated carbocycles. The molecule has 2 saturated heterocycles. The zero-order valence-corrected chi connectivity index (χ0v) is 41.4. The molecule has 0 amide bonds. The number of benzene rings is 4. The van der Waals surface area contributed by atoms with E-state index in [1.807, 2.05) is 0 Å². The topological polar surface area (TPSA) is 107 Å². The van der Waals surface area contributed by atoms with Gasteiger partial charge in [-0.2, -0.15) is 8.61 Å². The van der Waals surface area contributed by atoms with E-state index in [1.165, 1.54) is 60.7 Å². The standard InChI is InChI=1S/C23H25Cl2N3O2S2.C22H23Cl2N3O2S2/c1-2-3-17-4-6-18(7-5-17)14-20-16-31-23(26-20)27-10-12-28(13-11-27)32(29,30)22-9-8-19(24)15-21(22)25;1-15-4-3-5-16(2)19(15)13-18-14-30-22(25-18)26-8-10-27(11-9-26)31(28,29)21-7-6-17(23)12-20(21)24/h4-9,15-16H,2-3,10-14H2,1H3;3-7,12,14H,8-11,13H2,1-2H3. The van der Waals surface area contributed by atoms with Gasteiger partial charge >= 0.3 is 0 Å². The lowest BCUT2D eigenvalue weighted by Gasteiger charge is -2.34. The Labute approximate surface area is 399 Å². The summed E-state index contributed by atoms with van der Waals surface area (Å²) in [5.41, 5.74) is 8.55. The van der Waals surface area contributed by atoms with Gasteiger partial charge in [0.2, 0.25) is 20.0 Å². The lowest BCUT2D eigenvalue weighted by molar-refractivity contribution is 0.384. The third kappa shape index (κ3) is 11.6. The van der Waals surface area contributed by atoms with Crippen molar-refractivity contribution in [2.45, 2.75) is 56.2 Å². The highest BCUT2D eigenvalue weighted by Crippen LogP contribution is 2.32. The molecule has 0 radical (unpaired) electrons. The molecule has 4 aromatic carbocycles. The molecule has 2 aliphatic rings. The molecule has 0 spiro atoms. The van der Waals surface area contributed by atoms with Crippen molar-refractivity contribution in [2.24, 2.45) is 0 Å². The van der Waals surface area contributed by atoms with Crippen LogP contribution in [0.1, 0.15) is 52.5 Å². The molecule has 0 bridgehead atoms. The average Bonchev–Trinajstić information content (AvgIpc) is 3.93. The van der Waals surface area contributed by atoms with Crippen molar-refractivity contribution in [1.82, 2.24) is 18.6 Å². The Morgan fingerprint density at radius 3 is 1.43 bits per heavy atom. The summed E-state index contributed by atoms with van der Waals surface area (Å²) in [4.78, 5) is 14.1. The van der Waals surface area contributed by atoms with Crippen LogP contribution in [-0.4, -0.2) is 87.8 Å². The van der Waals surface area contributed by atoms with Gasteiger partial charge in [0.15, 0.2) is 10.3 Å². The molecule has 0 aliphatic carbocycles. The number of nitrogens with zero attached hydrogens (tertiary/aromatic N) is 6. The van der Waals surface area contributed by atoms with Gasteiger partial charge in [0, 0.05) is 86.0 Å². The molecule has 18 heteroatoms. The maximum atomic E-state index is 13.0. The van der Waals surface area contributed by atoms with Gasteiger partial charge in [-0.25, -0.2) is 26.8 Å². The molecular formula is C45H48Cl4N6O4S4. The molecule has 2 aliphatic heterocycles. The van der Waals surface area contributed by atoms with Crippen molar-refractivity contribution in [3.05, 3.63) is 149 Å². The first-order valence-electron chi connectivity index (χ1n) is 20.5. The summed E-state index contributed by atoms with van der Waals surface area (Å²) in [6, 6.07) is 24.0. The normalized spacial score (nSPS) is 15.3. The zero-order valence-electron chi connectivity index (χ0n) is 35.1. The summed E-state index contributed by atoms with van der Waals surface area (Å²) in [7, 11) is -7.32. The molecule has 0 unspecified atom stereocenters. The minimum atomic E-state index is -3.66. The van der Waals surface area contributed by atoms with Crippen molar-refractivity contribution < 1.29 is 16.8 Å². The van der Waals surface area contributed by atoms with Gasteiger partial charge in [0.05, 0.1) is 21.4 Å². The number of aromatic nitrogens is 2. The highest BCUT2D eigenvalue weighted by atomic mass is 35.5. The van der Waals surface area contributed by atoms with Crippen LogP contribution in [0.4, 0.5) is 10.3 Å². The summed E-state index contributed by atoms with van der Waals surface area (Å²) >= 11 is 27.3. The minimum Gasteiger partial charge on any atom is -0.345 e. The summed E-state index contributed by atoms with van der Waals surface area (Å²) < 4.78 is 55.0. The number of halogens is 4. The van der Waals surface area contributed by atoms with E-state index in [9.17, 15) is 16.8 Å². The molecule has 10 nitrogen and oxygen atoms in total. The predicted molar refractivity (Wildman–Crippen MR) is 261 cm³/mol. The number of aryl methyl sites for hydroxylation is 3. The Hall–Kier alpha value is -3.28. The van der Waals surface area contributed by atoms with Crippen LogP contribution in [0.3, 0.4) is 0 Å². The lowest BCUT2D eigenvalue weighted by atomic mass is 9.99. The van der Waals surface area contributed by atoms with Crippen LogP contribution in [0, 0.1) is 13.8 Å². The second-order valence-electron chi connectivity index (χ2n) is 15.5. The number of anilines is 2. The van der Waals surface area contributed by atoms with Gasteiger partial charge in [0.25, 0.3) is 0 Å². The molecule has 4 heterocycles. The summed E-state index contributed by atoms with van der Waals surface area (Å²) in [5, 5.41) is 7.17. The molecule has 2 fully saturated rings. The van der Waals surface area contributed by atoms with Crippen LogP contribution in [-0.2, 0) is 39.3 Å². The molecule has 0 N–H and O–H groups in total. The molecule has 0 atom stereocenters. The molecular weight excluding hydrogens is 959 g/mol. The highest BCUT2D eigenvalue weighted by Gasteiger charge is 2.32. The average molecular weight is 1010 g/mol. The van der Waals surface area contributed by atoms with Gasteiger partial charge in [0.1, 0.15) is 9.79 Å². The largest absolute Gasteiger partial charge is 0.345 e. The van der Waals surface area contributed by atoms with E-state index in [2.05, 4.69) is 83.8 Å². The van der Waals surface area contributed by atoms with E-state index in [0.29, 0.717) is 62.4 Å². The molecule has 334 valence electrons. The molecule has 8 rings (SSSR count). The van der Waals surface area contributed by atoms with E-state index in [4.69, 9.17) is 56.4 Å². The SMILES string of the molecule is CCCc1ccc(Cc2csc(N3CCN(S(=O)(=O)c4ccc(Cl)cc4Cl)CC3)n2)cc1.Cc1cccc(C)c1Cc1csc(N2CCN(S(=O)(=O)c3ccc(Cl)cc3Cl)CC2)n1. The van der Waals surface area contributed by atoms with Gasteiger partial charge in [-0.3, -0.25) is 0 Å². The third-order valence-corrected chi connectivity index (χ3v) is 18.2. The van der Waals surface area contributed by atoms with E-state index in [-0.39, 0.29) is 19.8 Å². The number of sulfonamides is 2. The fourth-order valence-corrected chi connectivity index (χ4v) is 13.7. The highest BCUT2D eigenvalue weighted by molar-refractivity contribution is 7.89. The van der Waals surface area contributed by atoms with Crippen molar-refractivity contribution in [3.63, 3.8) is 0 Å². The van der Waals surface area contributed by atoms with Crippen molar-refractivity contribution in [3.8, 4) is 0 Å². The van der Waals surface area contributed by atoms with E-state index in [0.717, 1.165) is 47.3 Å². The van der Waals surface area contributed by atoms with Crippen LogP contribution < -0.4 is 9.80 Å². The zero-order chi connectivity index (χ0) is 44.9. The summed E-state index contributed by atoms with van der Waals surface area (Å²) in [5.74, 6) is 0. The Kier molecular flexibility index (Phi) is 15.8. The predicted octanol–water partition coefficient (Wildman–Crippen LogP) is 10.7. The van der Waals surface area contributed by atoms with Crippen molar-refractivity contribution >= 4 is 99.4 Å². The number of hydrogen-bond acceptors (Lipinski definition) is 10. The fraction of sp³-hybridized carbons (Fsp3) is 0.333. The number of piperazine rings is 2. The molecule has 2 aromatic heterocycles. The quantitative estimate of drug-likeness (QED) is 0.119. The first-order valence-corrected chi connectivity index (χ1v) is 26.7. The van der Waals surface area contributed by atoms with Gasteiger partial charge in [-0.05, 0) is 84.5 Å². The maximum absolute atomic E-state index is 13.0. The number of thiazole rings is 2. The van der Waals surface area contributed by atoms with E-state index < -0.39 is 20.0 Å². The van der Waals surface area contributed by atoms with Crippen LogP contribution >= 0.6 is 69.1 Å². The number of rotatable bonds is 12. The third-order valence-electron chi connectivity index (χ3n) is 11.1. The minimum absolute atomic E-state index is 0.0946. The monoisotopic (exact) mass is 1000 g/mol. The van der Waals surface area contributed by atoms with Crippen molar-refractivity contribution in [1.29, 1.82) is 0 Å². The Morgan fingerprint density at radius 2 is 1.00 bits per heavy atom. The van der Waals surface area contributed by atoms with Crippen LogP contribution in [0.5, 0.6) is 0 Å². The van der Waals surface area contributed by atoms with Crippen molar-refractivity contribution in [2.75, 3.05) is 62.2 Å². The van der Waals surface area contributed by atoms with Gasteiger partial charge in [-0.15, -0.1) is 22.7 Å². The first-order chi connectivity index (χ1) is 30.1. The smallest absolute Gasteiger partial charge is 0.244 e. The Balaban J connectivity index is 0.000000189. The molecule has 6 aromatic rings. The van der Waals surface area contributed by atoms with Gasteiger partial charge in [-0.1, -0.05) is 102 Å². The Morgan fingerprint density at radius 1 is 0.571 bits per heavy atom. The summed E-state index contributed by atoms with van der Waals surface area (Å²) in [6.45, 7) is 10.3.